The summed E-state index contributed by atoms with van der Waals surface area (Å²) in [6.45, 7) is 0. The first-order valence-electron chi connectivity index (χ1n) is 7.50. The molecule has 2 heterocycles. The van der Waals surface area contributed by atoms with Gasteiger partial charge in [-0.2, -0.15) is 13.2 Å². The van der Waals surface area contributed by atoms with Crippen molar-refractivity contribution < 1.29 is 18.0 Å². The number of fused-ring (bicyclic) bond motifs is 1. The zero-order valence-electron chi connectivity index (χ0n) is 12.3. The van der Waals surface area contributed by atoms with Crippen LogP contribution < -0.4 is 10.6 Å². The zero-order chi connectivity index (χ0) is 16.4. The first-order valence-corrected chi connectivity index (χ1v) is 7.50. The number of amides is 2. The lowest BCUT2D eigenvalue weighted by atomic mass is 9.86. The van der Waals surface area contributed by atoms with E-state index in [-0.39, 0.29) is 18.9 Å². The van der Waals surface area contributed by atoms with E-state index < -0.39 is 18.1 Å². The van der Waals surface area contributed by atoms with Crippen LogP contribution >= 0.6 is 0 Å². The highest BCUT2D eigenvalue weighted by Gasteiger charge is 2.41. The van der Waals surface area contributed by atoms with Gasteiger partial charge in [0.25, 0.3) is 0 Å². The van der Waals surface area contributed by atoms with Crippen LogP contribution in [0.15, 0.2) is 24.5 Å². The van der Waals surface area contributed by atoms with Gasteiger partial charge >= 0.3 is 12.2 Å². The Bertz CT molecular complexity index is 689. The van der Waals surface area contributed by atoms with Crippen molar-refractivity contribution in [3.05, 3.63) is 24.5 Å². The molecule has 1 saturated carbocycles. The molecule has 0 radical (unpaired) electrons. The van der Waals surface area contributed by atoms with Crippen molar-refractivity contribution in [2.24, 2.45) is 5.92 Å². The number of anilines is 1. The summed E-state index contributed by atoms with van der Waals surface area (Å²) in [6.07, 6.45) is -0.0853. The number of hydrogen-bond donors (Lipinski definition) is 3. The fourth-order valence-electron chi connectivity index (χ4n) is 2.96. The number of halogens is 3. The zero-order valence-corrected chi connectivity index (χ0v) is 12.3. The Labute approximate surface area is 130 Å². The van der Waals surface area contributed by atoms with E-state index in [0.29, 0.717) is 24.0 Å². The van der Waals surface area contributed by atoms with Gasteiger partial charge in [-0.05, 0) is 37.8 Å². The summed E-state index contributed by atoms with van der Waals surface area (Å²) in [7, 11) is 0. The number of rotatable bonds is 2. The Kier molecular flexibility index (Phi) is 4.14. The summed E-state index contributed by atoms with van der Waals surface area (Å²) in [6, 6.07) is 2.96. The molecule has 3 N–H and O–H groups in total. The molecule has 0 atom stereocenters. The smallest absolute Gasteiger partial charge is 0.358 e. The first-order chi connectivity index (χ1) is 10.9. The molecule has 1 aliphatic rings. The fourth-order valence-corrected chi connectivity index (χ4v) is 2.96. The molecule has 2 aromatic heterocycles. The Balaban J connectivity index is 1.54. The predicted octanol–water partition coefficient (Wildman–Crippen LogP) is 3.81. The van der Waals surface area contributed by atoms with Crippen LogP contribution in [0.5, 0.6) is 0 Å². The van der Waals surface area contributed by atoms with Gasteiger partial charge < -0.3 is 15.6 Å². The van der Waals surface area contributed by atoms with E-state index in [0.717, 1.165) is 5.52 Å². The number of nitrogens with zero attached hydrogens (tertiary/aromatic N) is 1. The summed E-state index contributed by atoms with van der Waals surface area (Å²) in [4.78, 5) is 19.2. The van der Waals surface area contributed by atoms with E-state index in [4.69, 9.17) is 0 Å². The van der Waals surface area contributed by atoms with E-state index in [1.165, 1.54) is 0 Å². The minimum absolute atomic E-state index is 0.0586. The molecule has 0 saturated heterocycles. The molecule has 0 aliphatic heterocycles. The Morgan fingerprint density at radius 2 is 2.00 bits per heavy atom. The number of pyridine rings is 1. The molecule has 0 unspecified atom stereocenters. The van der Waals surface area contributed by atoms with Crippen LogP contribution in [0.2, 0.25) is 0 Å². The number of nitrogens with one attached hydrogen (secondary N) is 3. The van der Waals surface area contributed by atoms with Crippen molar-refractivity contribution in [2.45, 2.75) is 37.9 Å². The molecule has 0 aromatic carbocycles. The first kappa shape index (κ1) is 15.6. The number of alkyl halides is 3. The second-order valence-corrected chi connectivity index (χ2v) is 5.79. The van der Waals surface area contributed by atoms with Crippen LogP contribution in [0.25, 0.3) is 11.0 Å². The van der Waals surface area contributed by atoms with Gasteiger partial charge in [-0.15, -0.1) is 0 Å². The van der Waals surface area contributed by atoms with Crippen molar-refractivity contribution in [3.8, 4) is 0 Å². The molecule has 2 aromatic rings. The average Bonchev–Trinajstić information content (AvgIpc) is 2.90. The van der Waals surface area contributed by atoms with Crippen LogP contribution in [0.3, 0.4) is 0 Å². The highest BCUT2D eigenvalue weighted by atomic mass is 19.4. The summed E-state index contributed by atoms with van der Waals surface area (Å²) < 4.78 is 37.9. The van der Waals surface area contributed by atoms with Gasteiger partial charge in [0, 0.05) is 18.4 Å². The summed E-state index contributed by atoms with van der Waals surface area (Å²) in [5.74, 6) is -1.25. The van der Waals surface area contributed by atoms with Gasteiger partial charge in [0.15, 0.2) is 0 Å². The SMILES string of the molecule is O=C(Nc1c[nH]c2cccnc12)NC1CCC(C(F)(F)F)CC1. The Hall–Kier alpha value is -2.25. The minimum Gasteiger partial charge on any atom is -0.358 e. The molecular weight excluding hydrogens is 309 g/mol. The molecule has 0 spiro atoms. The maximum Gasteiger partial charge on any atom is 0.391 e. The van der Waals surface area contributed by atoms with Crippen LogP contribution in [0.4, 0.5) is 23.7 Å². The molecule has 3 rings (SSSR count). The third kappa shape index (κ3) is 3.57. The van der Waals surface area contributed by atoms with Crippen LogP contribution in [0.1, 0.15) is 25.7 Å². The number of urea groups is 1. The Morgan fingerprint density at radius 1 is 1.26 bits per heavy atom. The summed E-state index contributed by atoms with van der Waals surface area (Å²) in [5.41, 5.74) is 1.99. The maximum absolute atomic E-state index is 12.6. The molecule has 124 valence electrons. The second kappa shape index (κ2) is 6.10. The van der Waals surface area contributed by atoms with Gasteiger partial charge in [0.05, 0.1) is 17.1 Å². The largest absolute Gasteiger partial charge is 0.391 e. The van der Waals surface area contributed by atoms with E-state index in [2.05, 4.69) is 20.6 Å². The summed E-state index contributed by atoms with van der Waals surface area (Å²) >= 11 is 0. The Morgan fingerprint density at radius 3 is 2.70 bits per heavy atom. The third-order valence-corrected chi connectivity index (χ3v) is 4.21. The number of hydrogen-bond acceptors (Lipinski definition) is 2. The van der Waals surface area contributed by atoms with Crippen LogP contribution in [-0.4, -0.2) is 28.2 Å². The number of H-pyrrole nitrogens is 1. The van der Waals surface area contributed by atoms with Gasteiger partial charge in [-0.1, -0.05) is 0 Å². The lowest BCUT2D eigenvalue weighted by molar-refractivity contribution is -0.182. The molecular formula is C15H17F3N4O. The van der Waals surface area contributed by atoms with Crippen molar-refractivity contribution in [3.63, 3.8) is 0 Å². The van der Waals surface area contributed by atoms with Gasteiger partial charge in [-0.25, -0.2) is 4.79 Å². The minimum atomic E-state index is -4.14. The van der Waals surface area contributed by atoms with E-state index >= 15 is 0 Å². The topological polar surface area (TPSA) is 69.8 Å². The predicted molar refractivity (Wildman–Crippen MR) is 80.0 cm³/mol. The number of aromatic amines is 1. The summed E-state index contributed by atoms with van der Waals surface area (Å²) in [5, 5.41) is 5.42. The average molecular weight is 326 g/mol. The molecule has 1 aliphatic carbocycles. The lowest BCUT2D eigenvalue weighted by Gasteiger charge is -2.30. The standard InChI is InChI=1S/C15H17F3N4O/c16-15(17,18)9-3-5-10(6-4-9)21-14(23)22-12-8-20-11-2-1-7-19-13(11)12/h1-2,7-10,20H,3-6H2,(H2,21,22,23). The highest BCUT2D eigenvalue weighted by Crippen LogP contribution is 2.37. The van der Waals surface area contributed by atoms with Gasteiger partial charge in [0.1, 0.15) is 5.52 Å². The number of carbonyl (C=O) groups excluding carboxylic acids is 1. The second-order valence-electron chi connectivity index (χ2n) is 5.79. The van der Waals surface area contributed by atoms with Crippen molar-refractivity contribution >= 4 is 22.8 Å². The quantitative estimate of drug-likeness (QED) is 0.785. The molecule has 8 heteroatoms. The monoisotopic (exact) mass is 326 g/mol. The fraction of sp³-hybridized carbons (Fsp3) is 0.467. The van der Waals surface area contributed by atoms with Crippen molar-refractivity contribution in [1.82, 2.24) is 15.3 Å². The molecule has 5 nitrogen and oxygen atoms in total. The van der Waals surface area contributed by atoms with Crippen molar-refractivity contribution in [2.75, 3.05) is 5.32 Å². The molecule has 0 bridgehead atoms. The van der Waals surface area contributed by atoms with E-state index in [9.17, 15) is 18.0 Å². The lowest BCUT2D eigenvalue weighted by Crippen LogP contribution is -2.41. The normalized spacial score (nSPS) is 22.0. The molecule has 23 heavy (non-hydrogen) atoms. The number of carbonyl (C=O) groups is 1. The third-order valence-electron chi connectivity index (χ3n) is 4.21. The van der Waals surface area contributed by atoms with E-state index in [1.807, 2.05) is 6.07 Å². The van der Waals surface area contributed by atoms with Crippen LogP contribution in [0, 0.1) is 5.92 Å². The highest BCUT2D eigenvalue weighted by molar-refractivity contribution is 5.99. The van der Waals surface area contributed by atoms with Gasteiger partial charge in [0.2, 0.25) is 0 Å². The molecule has 2 amide bonds. The maximum atomic E-state index is 12.6. The van der Waals surface area contributed by atoms with Gasteiger partial charge in [-0.3, -0.25) is 4.98 Å². The van der Waals surface area contributed by atoms with E-state index in [1.54, 1.807) is 18.5 Å². The number of aromatic nitrogens is 2. The molecule has 1 fully saturated rings. The van der Waals surface area contributed by atoms with Crippen molar-refractivity contribution in [1.29, 1.82) is 0 Å². The van der Waals surface area contributed by atoms with Crippen LogP contribution in [-0.2, 0) is 0 Å².